The van der Waals surface area contributed by atoms with Crippen molar-refractivity contribution in [1.29, 1.82) is 0 Å². The van der Waals surface area contributed by atoms with E-state index in [2.05, 4.69) is 15.3 Å². The van der Waals surface area contributed by atoms with E-state index < -0.39 is 6.04 Å². The molecule has 140 valence electrons. The van der Waals surface area contributed by atoms with Crippen LogP contribution in [-0.2, 0) is 0 Å². The molecule has 0 amide bonds. The van der Waals surface area contributed by atoms with Crippen LogP contribution < -0.4 is 10.9 Å². The lowest BCUT2D eigenvalue weighted by molar-refractivity contribution is 0.247. The Morgan fingerprint density at radius 3 is 2.70 bits per heavy atom. The molecule has 0 spiro atoms. The zero-order valence-electron chi connectivity index (χ0n) is 15.1. The van der Waals surface area contributed by atoms with Gasteiger partial charge in [-0.3, -0.25) is 4.79 Å². The van der Waals surface area contributed by atoms with E-state index in [4.69, 9.17) is 11.6 Å². The standard InChI is InChI=1S/C20H21ClN4O2/c1-13(2)23-20-22-8-6-17(24-20)14-7-9-25(19(27)11-14)18(12-26)15-4-3-5-16(21)10-15/h3-11,13,18,26H,12H2,1-2H3,(H,22,23,24). The Bertz CT molecular complexity index is 987. The first-order valence-corrected chi connectivity index (χ1v) is 9.04. The molecule has 1 unspecified atom stereocenters. The molecule has 3 aromatic rings. The van der Waals surface area contributed by atoms with Crippen LogP contribution in [0, 0.1) is 0 Å². The predicted molar refractivity (Wildman–Crippen MR) is 107 cm³/mol. The third-order valence-electron chi connectivity index (χ3n) is 4.06. The second-order valence-corrected chi connectivity index (χ2v) is 6.92. The second-order valence-electron chi connectivity index (χ2n) is 6.48. The van der Waals surface area contributed by atoms with E-state index in [1.165, 1.54) is 10.6 Å². The van der Waals surface area contributed by atoms with Gasteiger partial charge in [0.25, 0.3) is 5.56 Å². The molecular formula is C20H21ClN4O2. The van der Waals surface area contributed by atoms with Crippen molar-refractivity contribution in [3.63, 3.8) is 0 Å². The van der Waals surface area contributed by atoms with Gasteiger partial charge in [0.1, 0.15) is 0 Å². The highest BCUT2D eigenvalue weighted by Crippen LogP contribution is 2.22. The minimum atomic E-state index is -0.506. The summed E-state index contributed by atoms with van der Waals surface area (Å²) in [4.78, 5) is 21.3. The summed E-state index contributed by atoms with van der Waals surface area (Å²) in [5.41, 5.74) is 1.88. The molecule has 7 heteroatoms. The highest BCUT2D eigenvalue weighted by molar-refractivity contribution is 6.30. The molecule has 6 nitrogen and oxygen atoms in total. The third-order valence-corrected chi connectivity index (χ3v) is 4.29. The lowest BCUT2D eigenvalue weighted by Gasteiger charge is -2.18. The fourth-order valence-corrected chi connectivity index (χ4v) is 3.02. The maximum Gasteiger partial charge on any atom is 0.251 e. The number of aliphatic hydroxyl groups excluding tert-OH is 1. The summed E-state index contributed by atoms with van der Waals surface area (Å²) >= 11 is 6.04. The van der Waals surface area contributed by atoms with Crippen molar-refractivity contribution in [2.24, 2.45) is 0 Å². The van der Waals surface area contributed by atoms with Crippen LogP contribution in [0.1, 0.15) is 25.5 Å². The summed E-state index contributed by atoms with van der Waals surface area (Å²) < 4.78 is 1.49. The number of aromatic nitrogens is 3. The lowest BCUT2D eigenvalue weighted by atomic mass is 10.1. The van der Waals surface area contributed by atoms with Crippen LogP contribution in [0.25, 0.3) is 11.3 Å². The van der Waals surface area contributed by atoms with Crippen LogP contribution in [0.5, 0.6) is 0 Å². The summed E-state index contributed by atoms with van der Waals surface area (Å²) in [6.45, 7) is 3.79. The van der Waals surface area contributed by atoms with E-state index in [1.807, 2.05) is 19.9 Å². The Labute approximate surface area is 162 Å². The minimum Gasteiger partial charge on any atom is -0.394 e. The average Bonchev–Trinajstić information content (AvgIpc) is 2.63. The predicted octanol–water partition coefficient (Wildman–Crippen LogP) is 3.36. The number of anilines is 1. The van der Waals surface area contributed by atoms with E-state index in [0.717, 1.165) is 5.56 Å². The smallest absolute Gasteiger partial charge is 0.251 e. The molecule has 2 heterocycles. The molecule has 1 atom stereocenters. The van der Waals surface area contributed by atoms with Gasteiger partial charge >= 0.3 is 0 Å². The largest absolute Gasteiger partial charge is 0.394 e. The number of aliphatic hydroxyl groups is 1. The molecule has 0 aliphatic rings. The molecule has 0 saturated heterocycles. The van der Waals surface area contributed by atoms with Crippen molar-refractivity contribution in [2.75, 3.05) is 11.9 Å². The van der Waals surface area contributed by atoms with Crippen molar-refractivity contribution in [3.05, 3.63) is 75.8 Å². The first-order valence-electron chi connectivity index (χ1n) is 8.66. The molecule has 0 fully saturated rings. The Morgan fingerprint density at radius 1 is 1.22 bits per heavy atom. The molecule has 2 aromatic heterocycles. The molecule has 0 saturated carbocycles. The summed E-state index contributed by atoms with van der Waals surface area (Å²) in [6.07, 6.45) is 3.32. The maximum atomic E-state index is 12.7. The molecule has 0 bridgehead atoms. The van der Waals surface area contributed by atoms with Crippen LogP contribution >= 0.6 is 11.6 Å². The summed E-state index contributed by atoms with van der Waals surface area (Å²) in [6, 6.07) is 11.9. The third kappa shape index (κ3) is 4.53. The molecule has 0 aliphatic heterocycles. The highest BCUT2D eigenvalue weighted by atomic mass is 35.5. The summed E-state index contributed by atoms with van der Waals surface area (Å²) in [7, 11) is 0. The summed E-state index contributed by atoms with van der Waals surface area (Å²) in [5, 5.41) is 13.5. The first-order chi connectivity index (χ1) is 13.0. The molecule has 27 heavy (non-hydrogen) atoms. The normalized spacial score (nSPS) is 12.2. The van der Waals surface area contributed by atoms with Crippen molar-refractivity contribution < 1.29 is 5.11 Å². The number of halogens is 1. The number of nitrogens with one attached hydrogen (secondary N) is 1. The van der Waals surface area contributed by atoms with Crippen molar-refractivity contribution >= 4 is 17.5 Å². The van der Waals surface area contributed by atoms with E-state index >= 15 is 0 Å². The fraction of sp³-hybridized carbons (Fsp3) is 0.250. The van der Waals surface area contributed by atoms with E-state index in [-0.39, 0.29) is 18.2 Å². The molecule has 1 aromatic carbocycles. The van der Waals surface area contributed by atoms with E-state index in [9.17, 15) is 9.90 Å². The highest BCUT2D eigenvalue weighted by Gasteiger charge is 2.15. The number of hydrogen-bond acceptors (Lipinski definition) is 5. The van der Waals surface area contributed by atoms with Gasteiger partial charge in [-0.15, -0.1) is 0 Å². The number of pyridine rings is 1. The van der Waals surface area contributed by atoms with Crippen LogP contribution in [0.4, 0.5) is 5.95 Å². The Kier molecular flexibility index (Phi) is 5.88. The van der Waals surface area contributed by atoms with Gasteiger partial charge in [-0.25, -0.2) is 9.97 Å². The van der Waals surface area contributed by atoms with E-state index in [0.29, 0.717) is 22.2 Å². The first kappa shape index (κ1) is 19.1. The maximum absolute atomic E-state index is 12.7. The van der Waals surface area contributed by atoms with Gasteiger partial charge in [0.15, 0.2) is 0 Å². The monoisotopic (exact) mass is 384 g/mol. The minimum absolute atomic E-state index is 0.205. The topological polar surface area (TPSA) is 80.0 Å². The average molecular weight is 385 g/mol. The molecule has 0 aliphatic carbocycles. The zero-order valence-corrected chi connectivity index (χ0v) is 15.9. The van der Waals surface area contributed by atoms with Crippen molar-refractivity contribution in [2.45, 2.75) is 25.9 Å². The van der Waals surface area contributed by atoms with Crippen molar-refractivity contribution in [3.8, 4) is 11.3 Å². The van der Waals surface area contributed by atoms with Gasteiger partial charge in [-0.05, 0) is 43.7 Å². The van der Waals surface area contributed by atoms with Crippen LogP contribution in [0.15, 0.2) is 59.7 Å². The van der Waals surface area contributed by atoms with Gasteiger partial charge in [0.05, 0.1) is 18.3 Å². The number of nitrogens with zero attached hydrogens (tertiary/aromatic N) is 3. The van der Waals surface area contributed by atoms with Gasteiger partial charge < -0.3 is 15.0 Å². The molecule has 2 N–H and O–H groups in total. The lowest BCUT2D eigenvalue weighted by Crippen LogP contribution is -2.26. The number of hydrogen-bond donors (Lipinski definition) is 2. The number of benzene rings is 1. The van der Waals surface area contributed by atoms with Gasteiger partial charge in [-0.2, -0.15) is 0 Å². The molecular weight excluding hydrogens is 364 g/mol. The molecule has 0 radical (unpaired) electrons. The second kappa shape index (κ2) is 8.33. The van der Waals surface area contributed by atoms with Gasteiger partial charge in [-0.1, -0.05) is 23.7 Å². The summed E-state index contributed by atoms with van der Waals surface area (Å²) in [5.74, 6) is 0.513. The van der Waals surface area contributed by atoms with E-state index in [1.54, 1.807) is 42.7 Å². The van der Waals surface area contributed by atoms with Crippen molar-refractivity contribution in [1.82, 2.24) is 14.5 Å². The van der Waals surface area contributed by atoms with Crippen LogP contribution in [0.2, 0.25) is 5.02 Å². The molecule has 3 rings (SSSR count). The van der Waals surface area contributed by atoms with Crippen LogP contribution in [0.3, 0.4) is 0 Å². The SMILES string of the molecule is CC(C)Nc1nccc(-c2ccn(C(CO)c3cccc(Cl)c3)c(=O)c2)n1. The zero-order chi connectivity index (χ0) is 19.4. The van der Waals surface area contributed by atoms with Crippen LogP contribution in [-0.4, -0.2) is 32.3 Å². The number of rotatable bonds is 6. The Hall–Kier alpha value is -2.70. The quantitative estimate of drug-likeness (QED) is 0.681. The Morgan fingerprint density at radius 2 is 2.04 bits per heavy atom. The van der Waals surface area contributed by atoms with Gasteiger partial charge in [0.2, 0.25) is 5.95 Å². The Balaban J connectivity index is 1.95. The fourth-order valence-electron chi connectivity index (χ4n) is 2.82. The van der Waals surface area contributed by atoms with Gasteiger partial charge in [0, 0.05) is 35.1 Å².